The third kappa shape index (κ3) is 4.93. The smallest absolute Gasteiger partial charge is 0.243 e. The molecule has 0 aliphatic rings. The molecule has 8 heteroatoms. The molecule has 1 amide bonds. The van der Waals surface area contributed by atoms with Crippen LogP contribution < -0.4 is 16.2 Å². The number of nitrogens with zero attached hydrogens (tertiary/aromatic N) is 1. The number of hydrogen-bond acceptors (Lipinski definition) is 4. The van der Waals surface area contributed by atoms with E-state index in [1.54, 1.807) is 24.3 Å². The largest absolute Gasteiger partial charge is 0.374 e. The van der Waals surface area contributed by atoms with E-state index >= 15 is 0 Å². The van der Waals surface area contributed by atoms with E-state index in [0.717, 1.165) is 0 Å². The zero-order valence-electron chi connectivity index (χ0n) is 11.1. The van der Waals surface area contributed by atoms with Gasteiger partial charge in [0.2, 0.25) is 5.91 Å². The summed E-state index contributed by atoms with van der Waals surface area (Å²) in [6.45, 7) is 0. The summed E-state index contributed by atoms with van der Waals surface area (Å²) < 4.78 is 9.90. The lowest BCUT2D eigenvalue weighted by Gasteiger charge is -2.24. The Morgan fingerprint density at radius 3 is 2.40 bits per heavy atom. The monoisotopic (exact) mass is 317 g/mol. The first-order valence-corrected chi connectivity index (χ1v) is 6.46. The Morgan fingerprint density at radius 1 is 1.40 bits per heavy atom. The Hall–Kier alpha value is -1.41. The normalized spacial score (nSPS) is 10.4. The van der Waals surface area contributed by atoms with Crippen LogP contribution in [0, 0.1) is 0 Å². The molecule has 0 spiro atoms. The van der Waals surface area contributed by atoms with Crippen LogP contribution in [0.4, 0.5) is 5.69 Å². The van der Waals surface area contributed by atoms with Crippen molar-refractivity contribution in [2.24, 2.45) is 5.73 Å². The van der Waals surface area contributed by atoms with Crippen molar-refractivity contribution in [3.05, 3.63) is 29.3 Å². The number of rotatable bonds is 5. The lowest BCUT2D eigenvalue weighted by molar-refractivity contribution is -0.139. The third-order valence-corrected chi connectivity index (χ3v) is 2.85. The molecule has 0 heterocycles. The van der Waals surface area contributed by atoms with Crippen molar-refractivity contribution in [2.45, 2.75) is 12.7 Å². The number of anilines is 1. The van der Waals surface area contributed by atoms with E-state index < -0.39 is 6.29 Å². The lowest BCUT2D eigenvalue weighted by atomic mass is 10.3. The minimum atomic E-state index is -0.631. The number of hydrazine groups is 1. The third-order valence-electron chi connectivity index (χ3n) is 2.42. The van der Waals surface area contributed by atoms with Gasteiger partial charge in [-0.2, -0.15) is 0 Å². The molecule has 1 rings (SSSR count). The van der Waals surface area contributed by atoms with Crippen molar-refractivity contribution in [1.29, 1.82) is 0 Å². The summed E-state index contributed by atoms with van der Waals surface area (Å²) in [5, 5.41) is 1.87. The zero-order chi connectivity index (χ0) is 15.1. The van der Waals surface area contributed by atoms with Crippen LogP contribution in [-0.4, -0.2) is 31.5 Å². The summed E-state index contributed by atoms with van der Waals surface area (Å²) in [7, 11) is 2.90. The van der Waals surface area contributed by atoms with Crippen molar-refractivity contribution in [3.63, 3.8) is 0 Å². The summed E-state index contributed by atoms with van der Waals surface area (Å²) in [5.74, 6) is -0.346. The van der Waals surface area contributed by atoms with E-state index in [9.17, 15) is 4.79 Å². The van der Waals surface area contributed by atoms with E-state index in [1.807, 2.05) is 0 Å². The maximum atomic E-state index is 11.9. The Balaban J connectivity index is 2.75. The van der Waals surface area contributed by atoms with E-state index in [4.69, 9.17) is 39.0 Å². The fourth-order valence-corrected chi connectivity index (χ4v) is 1.70. The highest BCUT2D eigenvalue weighted by Gasteiger charge is 2.17. The molecule has 0 bridgehead atoms. The van der Waals surface area contributed by atoms with Crippen LogP contribution in [0.1, 0.15) is 6.42 Å². The molecule has 0 aromatic heterocycles. The summed E-state index contributed by atoms with van der Waals surface area (Å²) in [6.07, 6.45) is -0.618. The van der Waals surface area contributed by atoms with Gasteiger partial charge in [0, 0.05) is 19.2 Å². The Labute approximate surface area is 127 Å². The number of carbonyl (C=O) groups is 1. The van der Waals surface area contributed by atoms with Crippen LogP contribution >= 0.6 is 23.8 Å². The fourth-order valence-electron chi connectivity index (χ4n) is 1.42. The Kier molecular flexibility index (Phi) is 6.66. The van der Waals surface area contributed by atoms with Crippen molar-refractivity contribution < 1.29 is 14.3 Å². The number of carbonyl (C=O) groups excluding carboxylic acids is 1. The van der Waals surface area contributed by atoms with Gasteiger partial charge in [0.25, 0.3) is 0 Å². The van der Waals surface area contributed by atoms with Gasteiger partial charge in [0.15, 0.2) is 11.4 Å². The molecule has 0 aliphatic carbocycles. The highest BCUT2D eigenvalue weighted by Crippen LogP contribution is 2.16. The molecule has 6 nitrogen and oxygen atoms in total. The number of amides is 1. The van der Waals surface area contributed by atoms with Crippen LogP contribution in [0.25, 0.3) is 0 Å². The second-order valence-corrected chi connectivity index (χ2v) is 4.64. The summed E-state index contributed by atoms with van der Waals surface area (Å²) in [6, 6.07) is 6.71. The highest BCUT2D eigenvalue weighted by atomic mass is 35.5. The summed E-state index contributed by atoms with van der Waals surface area (Å²) >= 11 is 10.7. The first-order chi connectivity index (χ1) is 9.47. The van der Waals surface area contributed by atoms with Gasteiger partial charge in [0.05, 0.1) is 12.1 Å². The Bertz CT molecular complexity index is 466. The van der Waals surface area contributed by atoms with Gasteiger partial charge in [-0.1, -0.05) is 11.6 Å². The van der Waals surface area contributed by atoms with Crippen LogP contribution in [-0.2, 0) is 14.3 Å². The molecule has 110 valence electrons. The number of benzene rings is 1. The van der Waals surface area contributed by atoms with Crippen molar-refractivity contribution in [3.8, 4) is 0 Å². The predicted molar refractivity (Wildman–Crippen MR) is 81.3 cm³/mol. The van der Waals surface area contributed by atoms with Gasteiger partial charge >= 0.3 is 0 Å². The van der Waals surface area contributed by atoms with E-state index in [2.05, 4.69) is 5.43 Å². The molecule has 3 N–H and O–H groups in total. The number of halogens is 1. The number of nitrogens with one attached hydrogen (secondary N) is 1. The van der Waals surface area contributed by atoms with Crippen molar-refractivity contribution in [1.82, 2.24) is 5.43 Å². The zero-order valence-corrected chi connectivity index (χ0v) is 12.7. The van der Waals surface area contributed by atoms with Gasteiger partial charge in [0.1, 0.15) is 0 Å². The van der Waals surface area contributed by atoms with Crippen LogP contribution in [0.3, 0.4) is 0 Å². The van der Waals surface area contributed by atoms with Crippen LogP contribution in [0.2, 0.25) is 5.02 Å². The predicted octanol–water partition coefficient (Wildman–Crippen LogP) is 1.43. The average molecular weight is 318 g/mol. The van der Waals surface area contributed by atoms with Crippen molar-refractivity contribution in [2.75, 3.05) is 19.2 Å². The highest BCUT2D eigenvalue weighted by molar-refractivity contribution is 7.80. The molecule has 0 atom stereocenters. The molecule has 1 aromatic rings. The van der Waals surface area contributed by atoms with E-state index in [0.29, 0.717) is 10.7 Å². The van der Waals surface area contributed by atoms with Gasteiger partial charge in [-0.05, 0) is 36.5 Å². The van der Waals surface area contributed by atoms with Gasteiger partial charge in [-0.15, -0.1) is 0 Å². The maximum absolute atomic E-state index is 11.9. The van der Waals surface area contributed by atoms with E-state index in [-0.39, 0.29) is 17.4 Å². The first-order valence-electron chi connectivity index (χ1n) is 5.68. The molecule has 0 fully saturated rings. The standard InChI is InChI=1S/C12H16ClN3O3S/c1-18-11(19-2)7-10(17)15-16(12(14)20)9-5-3-8(13)4-6-9/h3-6,11H,7H2,1-2H3,(H2,14,20)(H,15,17). The molecule has 0 aliphatic heterocycles. The second kappa shape index (κ2) is 8.01. The van der Waals surface area contributed by atoms with Crippen molar-refractivity contribution >= 4 is 40.5 Å². The first kappa shape index (κ1) is 16.6. The number of methoxy groups -OCH3 is 2. The molecule has 0 radical (unpaired) electrons. The number of ether oxygens (including phenoxy) is 2. The summed E-state index contributed by atoms with van der Waals surface area (Å²) in [4.78, 5) is 11.9. The van der Waals surface area contributed by atoms with Gasteiger partial charge in [-0.3, -0.25) is 10.2 Å². The molecule has 0 saturated heterocycles. The topological polar surface area (TPSA) is 76.8 Å². The maximum Gasteiger partial charge on any atom is 0.243 e. The lowest BCUT2D eigenvalue weighted by Crippen LogP contribution is -2.49. The number of nitrogens with two attached hydrogens (primary N) is 1. The fraction of sp³-hybridized carbons (Fsp3) is 0.333. The quantitative estimate of drug-likeness (QED) is 0.486. The number of thiocarbonyl (C=S) groups is 1. The van der Waals surface area contributed by atoms with Crippen LogP contribution in [0.5, 0.6) is 0 Å². The molecular formula is C12H16ClN3O3S. The van der Waals surface area contributed by atoms with Crippen LogP contribution in [0.15, 0.2) is 24.3 Å². The van der Waals surface area contributed by atoms with Gasteiger partial charge < -0.3 is 15.2 Å². The summed E-state index contributed by atoms with van der Waals surface area (Å²) in [5.41, 5.74) is 8.77. The Morgan fingerprint density at radius 2 is 1.95 bits per heavy atom. The molecule has 0 saturated carbocycles. The SMILES string of the molecule is COC(CC(=O)NN(C(N)=S)c1ccc(Cl)cc1)OC. The minimum absolute atomic E-state index is 0.00653. The van der Waals surface area contributed by atoms with E-state index in [1.165, 1.54) is 19.2 Å². The average Bonchev–Trinajstić information content (AvgIpc) is 2.43. The molecule has 1 aromatic carbocycles. The molecule has 0 unspecified atom stereocenters. The number of hydrogen-bond donors (Lipinski definition) is 2. The molecule has 20 heavy (non-hydrogen) atoms. The second-order valence-electron chi connectivity index (χ2n) is 3.79. The van der Waals surface area contributed by atoms with Gasteiger partial charge in [-0.25, -0.2) is 5.01 Å². The molecular weight excluding hydrogens is 302 g/mol. The minimum Gasteiger partial charge on any atom is -0.374 e.